The second kappa shape index (κ2) is 6.24. The molecule has 3 N–H and O–H groups in total. The van der Waals surface area contributed by atoms with E-state index in [-0.39, 0.29) is 11.8 Å². The summed E-state index contributed by atoms with van der Waals surface area (Å²) in [6.07, 6.45) is 0. The summed E-state index contributed by atoms with van der Waals surface area (Å²) in [6, 6.07) is 15.6. The van der Waals surface area contributed by atoms with Crippen molar-refractivity contribution in [1.29, 1.82) is 0 Å². The van der Waals surface area contributed by atoms with Crippen molar-refractivity contribution in [3.63, 3.8) is 0 Å². The fourth-order valence-electron chi connectivity index (χ4n) is 2.11. The maximum Gasteiger partial charge on any atom is 0.253 e. The molecule has 20 heavy (non-hydrogen) atoms. The number of hydrogen-bond donors (Lipinski definition) is 2. The molecule has 0 heterocycles. The predicted molar refractivity (Wildman–Crippen MR) is 82.8 cm³/mol. The van der Waals surface area contributed by atoms with Crippen LogP contribution in [-0.2, 0) is 0 Å². The predicted octanol–water partition coefficient (Wildman–Crippen LogP) is 3.11. The second-order valence-electron chi connectivity index (χ2n) is 5.11. The lowest BCUT2D eigenvalue weighted by Gasteiger charge is -2.14. The minimum absolute atomic E-state index is 0.117. The summed E-state index contributed by atoms with van der Waals surface area (Å²) in [7, 11) is 0. The molecule has 0 saturated heterocycles. The molecule has 2 aromatic carbocycles. The molecule has 1 atom stereocenters. The molecule has 0 bridgehead atoms. The van der Waals surface area contributed by atoms with Gasteiger partial charge in [0.1, 0.15) is 0 Å². The number of amides is 1. The van der Waals surface area contributed by atoms with Gasteiger partial charge >= 0.3 is 0 Å². The van der Waals surface area contributed by atoms with Crippen molar-refractivity contribution >= 4 is 11.6 Å². The highest BCUT2D eigenvalue weighted by Gasteiger charge is 2.11. The number of nitrogen functional groups attached to an aromatic ring is 1. The summed E-state index contributed by atoms with van der Waals surface area (Å²) in [4.78, 5) is 12.2. The van der Waals surface area contributed by atoms with E-state index >= 15 is 0 Å². The van der Waals surface area contributed by atoms with Gasteiger partial charge in [-0.2, -0.15) is 0 Å². The smallest absolute Gasteiger partial charge is 0.253 e. The molecule has 3 nitrogen and oxygen atoms in total. The van der Waals surface area contributed by atoms with Crippen LogP contribution in [0, 0.1) is 6.92 Å². The molecule has 0 spiro atoms. The number of carbonyl (C=O) groups is 1. The Labute approximate surface area is 119 Å². The van der Waals surface area contributed by atoms with Gasteiger partial charge in [0.2, 0.25) is 0 Å². The van der Waals surface area contributed by atoms with Gasteiger partial charge in [-0.15, -0.1) is 0 Å². The molecule has 104 valence electrons. The Bertz CT molecular complexity index is 593. The summed E-state index contributed by atoms with van der Waals surface area (Å²) in [5.74, 6) is 0.153. The molecule has 1 amide bonds. The van der Waals surface area contributed by atoms with Crippen LogP contribution < -0.4 is 11.1 Å². The van der Waals surface area contributed by atoms with E-state index in [1.54, 1.807) is 6.07 Å². The largest absolute Gasteiger partial charge is 0.398 e. The summed E-state index contributed by atoms with van der Waals surface area (Å²) in [5.41, 5.74) is 9.15. The molecular formula is C17H20N2O. The molecule has 0 aromatic heterocycles. The van der Waals surface area contributed by atoms with E-state index in [0.717, 1.165) is 5.56 Å². The fraction of sp³-hybridized carbons (Fsp3) is 0.235. The van der Waals surface area contributed by atoms with Crippen LogP contribution in [0.3, 0.4) is 0 Å². The Morgan fingerprint density at radius 2 is 1.90 bits per heavy atom. The topological polar surface area (TPSA) is 55.1 Å². The lowest BCUT2D eigenvalue weighted by molar-refractivity contribution is 0.0952. The Morgan fingerprint density at radius 3 is 2.60 bits per heavy atom. The van der Waals surface area contributed by atoms with Gasteiger partial charge in [-0.3, -0.25) is 4.79 Å². The maximum absolute atomic E-state index is 12.2. The number of rotatable bonds is 4. The monoisotopic (exact) mass is 268 g/mol. The fourth-order valence-corrected chi connectivity index (χ4v) is 2.11. The van der Waals surface area contributed by atoms with Crippen LogP contribution in [0.25, 0.3) is 0 Å². The Morgan fingerprint density at radius 1 is 1.20 bits per heavy atom. The third kappa shape index (κ3) is 3.38. The molecule has 0 radical (unpaired) electrons. The molecule has 2 aromatic rings. The summed E-state index contributed by atoms with van der Waals surface area (Å²) in [6.45, 7) is 4.63. The highest BCUT2D eigenvalue weighted by Crippen LogP contribution is 2.16. The molecule has 0 aliphatic carbocycles. The normalized spacial score (nSPS) is 11.9. The van der Waals surface area contributed by atoms with E-state index in [1.165, 1.54) is 5.56 Å². The van der Waals surface area contributed by atoms with Crippen molar-refractivity contribution in [1.82, 2.24) is 5.32 Å². The summed E-state index contributed by atoms with van der Waals surface area (Å²) in [5, 5.41) is 2.95. The van der Waals surface area contributed by atoms with Crippen LogP contribution >= 0.6 is 0 Å². The van der Waals surface area contributed by atoms with Crippen molar-refractivity contribution in [2.45, 2.75) is 19.8 Å². The van der Waals surface area contributed by atoms with Crippen molar-refractivity contribution in [2.75, 3.05) is 12.3 Å². The highest BCUT2D eigenvalue weighted by atomic mass is 16.1. The summed E-state index contributed by atoms with van der Waals surface area (Å²) >= 11 is 0. The van der Waals surface area contributed by atoms with Crippen LogP contribution in [0.5, 0.6) is 0 Å². The number of aryl methyl sites for hydroxylation is 1. The van der Waals surface area contributed by atoms with Crippen LogP contribution in [0.1, 0.15) is 34.3 Å². The quantitative estimate of drug-likeness (QED) is 0.837. The van der Waals surface area contributed by atoms with E-state index in [4.69, 9.17) is 5.73 Å². The SMILES string of the molecule is Cc1ccc(N)c(C(=O)NCC(C)c2ccccc2)c1. The Balaban J connectivity index is 2.00. The van der Waals surface area contributed by atoms with Crippen LogP contribution in [0.4, 0.5) is 5.69 Å². The van der Waals surface area contributed by atoms with Gasteiger partial charge in [-0.25, -0.2) is 0 Å². The zero-order valence-electron chi connectivity index (χ0n) is 11.9. The molecule has 0 fully saturated rings. The van der Waals surface area contributed by atoms with Gasteiger partial charge in [-0.1, -0.05) is 48.9 Å². The first-order valence-electron chi connectivity index (χ1n) is 6.77. The van der Waals surface area contributed by atoms with E-state index in [0.29, 0.717) is 17.8 Å². The zero-order chi connectivity index (χ0) is 14.5. The first-order valence-corrected chi connectivity index (χ1v) is 6.77. The highest BCUT2D eigenvalue weighted by molar-refractivity contribution is 5.99. The molecule has 0 saturated carbocycles. The van der Waals surface area contributed by atoms with Gasteiger partial charge in [-0.05, 0) is 30.5 Å². The van der Waals surface area contributed by atoms with Crippen molar-refractivity contribution < 1.29 is 4.79 Å². The number of nitrogens with two attached hydrogens (primary N) is 1. The molecular weight excluding hydrogens is 248 g/mol. The zero-order valence-corrected chi connectivity index (χ0v) is 11.9. The van der Waals surface area contributed by atoms with E-state index in [9.17, 15) is 4.79 Å². The average Bonchev–Trinajstić information content (AvgIpc) is 2.47. The van der Waals surface area contributed by atoms with Crippen molar-refractivity contribution in [2.24, 2.45) is 0 Å². The van der Waals surface area contributed by atoms with E-state index in [2.05, 4.69) is 24.4 Å². The second-order valence-corrected chi connectivity index (χ2v) is 5.11. The molecule has 1 unspecified atom stereocenters. The van der Waals surface area contributed by atoms with E-state index in [1.807, 2.05) is 37.3 Å². The minimum atomic E-state index is -0.117. The standard InChI is InChI=1S/C17H20N2O/c1-12-8-9-16(18)15(10-12)17(20)19-11-13(2)14-6-4-3-5-7-14/h3-10,13H,11,18H2,1-2H3,(H,19,20). The maximum atomic E-state index is 12.2. The first-order chi connectivity index (χ1) is 9.58. The third-order valence-electron chi connectivity index (χ3n) is 3.39. The van der Waals surface area contributed by atoms with Crippen LogP contribution in [0.15, 0.2) is 48.5 Å². The average molecular weight is 268 g/mol. The van der Waals surface area contributed by atoms with Gasteiger partial charge in [0, 0.05) is 12.2 Å². The van der Waals surface area contributed by atoms with Crippen molar-refractivity contribution in [3.05, 3.63) is 65.2 Å². The van der Waals surface area contributed by atoms with Gasteiger partial charge in [0.25, 0.3) is 5.91 Å². The van der Waals surface area contributed by atoms with E-state index < -0.39 is 0 Å². The van der Waals surface area contributed by atoms with Gasteiger partial charge < -0.3 is 11.1 Å². The first kappa shape index (κ1) is 14.1. The molecule has 0 aliphatic heterocycles. The lowest BCUT2D eigenvalue weighted by atomic mass is 10.0. The van der Waals surface area contributed by atoms with Crippen LogP contribution in [-0.4, -0.2) is 12.5 Å². The molecule has 2 rings (SSSR count). The molecule has 3 heteroatoms. The number of benzene rings is 2. The summed E-state index contributed by atoms with van der Waals surface area (Å²) < 4.78 is 0. The van der Waals surface area contributed by atoms with Gasteiger partial charge in [0.15, 0.2) is 0 Å². The Kier molecular flexibility index (Phi) is 4.41. The number of nitrogens with one attached hydrogen (secondary N) is 1. The minimum Gasteiger partial charge on any atom is -0.398 e. The van der Waals surface area contributed by atoms with Crippen molar-refractivity contribution in [3.8, 4) is 0 Å². The van der Waals surface area contributed by atoms with Gasteiger partial charge in [0.05, 0.1) is 5.56 Å². The number of carbonyl (C=O) groups excluding carboxylic acids is 1. The Hall–Kier alpha value is -2.29. The van der Waals surface area contributed by atoms with Crippen LogP contribution in [0.2, 0.25) is 0 Å². The lowest BCUT2D eigenvalue weighted by Crippen LogP contribution is -2.28. The number of hydrogen-bond acceptors (Lipinski definition) is 2. The number of anilines is 1. The molecule has 0 aliphatic rings. The third-order valence-corrected chi connectivity index (χ3v) is 3.39.